The monoisotopic (exact) mass is 802 g/mol. The lowest BCUT2D eigenvalue weighted by Gasteiger charge is -2.62. The molecule has 6 rings (SSSR count). The quantitative estimate of drug-likeness (QED) is 0.117. The van der Waals surface area contributed by atoms with Gasteiger partial charge in [0.05, 0.1) is 42.7 Å². The molecular weight excluding hydrogens is 736 g/mol. The van der Waals surface area contributed by atoms with E-state index in [-0.39, 0.29) is 36.9 Å². The van der Waals surface area contributed by atoms with Crippen molar-refractivity contribution < 1.29 is 79.9 Å². The maximum atomic E-state index is 14.2. The van der Waals surface area contributed by atoms with Gasteiger partial charge in [0.15, 0.2) is 18.4 Å². The SMILES string of the molecule is CC(C)(O)CC[C@@H](O)[C@](C)(O)[C@H]1CC[C@@]2(C)C3=CC(=O)[C@@H]4C[C@@H](O[C@H]5O[C@H](CO[C@H]6O[C@H](CO)[C@H](O)[C@H](O)[C@H]6O)[C@H](O)[C@H](O)[C@H]5O)[C@@H](O)C[C@]4(C)[C@H]3CC[C@]12C. The van der Waals surface area contributed by atoms with Gasteiger partial charge in [-0.25, -0.2) is 0 Å². The summed E-state index contributed by atoms with van der Waals surface area (Å²) in [6.07, 6.45) is -13.7. The summed E-state index contributed by atoms with van der Waals surface area (Å²) < 4.78 is 22.8. The first kappa shape index (κ1) is 44.4. The Bertz CT molecular complexity index is 1450. The van der Waals surface area contributed by atoms with Gasteiger partial charge < -0.3 is 75.1 Å². The summed E-state index contributed by atoms with van der Waals surface area (Å²) >= 11 is 0. The van der Waals surface area contributed by atoms with Crippen LogP contribution >= 0.6 is 0 Å². The molecule has 16 nitrogen and oxygen atoms in total. The van der Waals surface area contributed by atoms with Gasteiger partial charge in [0.25, 0.3) is 0 Å². The second-order valence-corrected chi connectivity index (χ2v) is 19.3. The van der Waals surface area contributed by atoms with Crippen molar-refractivity contribution >= 4 is 5.78 Å². The molecule has 20 atom stereocenters. The number of ketones is 1. The number of carbonyl (C=O) groups excluding carboxylic acids is 1. The van der Waals surface area contributed by atoms with Gasteiger partial charge in [-0.1, -0.05) is 26.3 Å². The molecule has 3 saturated carbocycles. The predicted molar refractivity (Wildman–Crippen MR) is 195 cm³/mol. The summed E-state index contributed by atoms with van der Waals surface area (Å²) in [5.41, 5.74) is -2.96. The molecular formula is C40H66O16. The zero-order chi connectivity index (χ0) is 41.5. The second kappa shape index (κ2) is 15.7. The van der Waals surface area contributed by atoms with Crippen molar-refractivity contribution in [3.63, 3.8) is 0 Å². The van der Waals surface area contributed by atoms with Crippen molar-refractivity contribution in [3.05, 3.63) is 11.6 Å². The maximum Gasteiger partial charge on any atom is 0.187 e. The van der Waals surface area contributed by atoms with Crippen molar-refractivity contribution in [1.82, 2.24) is 0 Å². The Kier molecular flexibility index (Phi) is 12.4. The number of hydrogen-bond donors (Lipinski definition) is 11. The van der Waals surface area contributed by atoms with Crippen molar-refractivity contribution in [1.29, 1.82) is 0 Å². The largest absolute Gasteiger partial charge is 0.394 e. The molecule has 0 spiro atoms. The minimum atomic E-state index is -1.78. The molecule has 2 heterocycles. The molecule has 5 fully saturated rings. The van der Waals surface area contributed by atoms with Crippen LogP contribution in [0.25, 0.3) is 0 Å². The van der Waals surface area contributed by atoms with E-state index >= 15 is 0 Å². The molecule has 0 aromatic heterocycles. The first-order valence-corrected chi connectivity index (χ1v) is 20.3. The highest BCUT2D eigenvalue weighted by Gasteiger charge is 2.68. The maximum absolute atomic E-state index is 14.2. The lowest BCUT2D eigenvalue weighted by atomic mass is 9.43. The lowest BCUT2D eigenvalue weighted by Crippen LogP contribution is -2.63. The van der Waals surface area contributed by atoms with E-state index in [1.807, 2.05) is 6.92 Å². The molecule has 11 N–H and O–H groups in total. The molecule has 0 aromatic carbocycles. The van der Waals surface area contributed by atoms with Crippen molar-refractivity contribution in [2.24, 2.45) is 34.0 Å². The van der Waals surface area contributed by atoms with Gasteiger partial charge in [0.1, 0.15) is 48.8 Å². The molecule has 2 saturated heterocycles. The van der Waals surface area contributed by atoms with Crippen LogP contribution in [-0.4, -0.2) is 166 Å². The summed E-state index contributed by atoms with van der Waals surface area (Å²) in [6.45, 7) is 10.2. The van der Waals surface area contributed by atoms with Crippen molar-refractivity contribution in [2.75, 3.05) is 13.2 Å². The van der Waals surface area contributed by atoms with E-state index in [2.05, 4.69) is 13.8 Å². The van der Waals surface area contributed by atoms with Crippen LogP contribution < -0.4 is 0 Å². The minimum absolute atomic E-state index is 0.0554. The molecule has 0 aromatic rings. The highest BCUT2D eigenvalue weighted by atomic mass is 16.7. The molecule has 56 heavy (non-hydrogen) atoms. The Morgan fingerprint density at radius 3 is 2.07 bits per heavy atom. The Balaban J connectivity index is 1.15. The van der Waals surface area contributed by atoms with Crippen LogP contribution in [0.1, 0.15) is 92.9 Å². The fraction of sp³-hybridized carbons (Fsp3) is 0.925. The van der Waals surface area contributed by atoms with Gasteiger partial charge in [-0.15, -0.1) is 0 Å². The number of hydrogen-bond acceptors (Lipinski definition) is 16. The Morgan fingerprint density at radius 2 is 1.45 bits per heavy atom. The van der Waals surface area contributed by atoms with Crippen LogP contribution in [0.3, 0.4) is 0 Å². The number of aliphatic hydroxyl groups excluding tert-OH is 9. The van der Waals surface area contributed by atoms with Gasteiger partial charge in [-0.3, -0.25) is 4.79 Å². The fourth-order valence-corrected chi connectivity index (χ4v) is 11.6. The molecule has 4 aliphatic carbocycles. The van der Waals surface area contributed by atoms with Crippen LogP contribution in [0.4, 0.5) is 0 Å². The number of aliphatic hydroxyl groups is 11. The van der Waals surface area contributed by atoms with E-state index in [0.717, 1.165) is 12.0 Å². The summed E-state index contributed by atoms with van der Waals surface area (Å²) in [6, 6.07) is 0. The van der Waals surface area contributed by atoms with Gasteiger partial charge in [0, 0.05) is 5.92 Å². The van der Waals surface area contributed by atoms with Gasteiger partial charge in [-0.2, -0.15) is 0 Å². The third-order valence-electron chi connectivity index (χ3n) is 15.4. The standard InChI is InChI=1S/C40H66O16/c1-36(2,51)10-9-27(44)40(6,52)26-8-12-38(4)19-13-21(42)20-14-23(22(43)15-37(20,3)18(19)7-11-39(26,38)5)54-35-33(50)31(48)29(46)25(56-35)17-53-34-32(49)30(47)28(45)24(16-41)55-34/h13,18,20,22-35,41,43-52H,7-12,14-17H2,1-6H3/t18-,20-,22-,23+,24+,25+,26-,27+,28-,29-,30-,31-,32+,33+,34-,35-,37+,38-,39+,40+/m0/s1. The van der Waals surface area contributed by atoms with Crippen LogP contribution in [0.2, 0.25) is 0 Å². The van der Waals surface area contributed by atoms with E-state index in [0.29, 0.717) is 25.7 Å². The van der Waals surface area contributed by atoms with E-state index in [4.69, 9.17) is 18.9 Å². The van der Waals surface area contributed by atoms with Gasteiger partial charge in [-0.05, 0) is 106 Å². The average Bonchev–Trinajstić information content (AvgIpc) is 3.41. The third kappa shape index (κ3) is 7.46. The second-order valence-electron chi connectivity index (χ2n) is 19.3. The summed E-state index contributed by atoms with van der Waals surface area (Å²) in [4.78, 5) is 14.2. The lowest BCUT2D eigenvalue weighted by molar-refractivity contribution is -0.341. The molecule has 0 amide bonds. The highest BCUT2D eigenvalue weighted by molar-refractivity contribution is 5.94. The summed E-state index contributed by atoms with van der Waals surface area (Å²) in [5.74, 6) is -0.990. The average molecular weight is 803 g/mol. The molecule has 2 aliphatic heterocycles. The fourth-order valence-electron chi connectivity index (χ4n) is 11.6. The minimum Gasteiger partial charge on any atom is -0.394 e. The van der Waals surface area contributed by atoms with Gasteiger partial charge in [0.2, 0.25) is 0 Å². The Morgan fingerprint density at radius 1 is 0.839 bits per heavy atom. The zero-order valence-corrected chi connectivity index (χ0v) is 33.3. The van der Waals surface area contributed by atoms with E-state index in [9.17, 15) is 61.0 Å². The Hall–Kier alpha value is -1.19. The number of rotatable bonds is 11. The topological polar surface area (TPSA) is 277 Å². The number of ether oxygens (including phenoxy) is 4. The number of carbonyl (C=O) groups is 1. The first-order chi connectivity index (χ1) is 25.9. The van der Waals surface area contributed by atoms with Crippen LogP contribution in [0.5, 0.6) is 0 Å². The summed E-state index contributed by atoms with van der Waals surface area (Å²) in [7, 11) is 0. The van der Waals surface area contributed by atoms with Gasteiger partial charge >= 0.3 is 0 Å². The van der Waals surface area contributed by atoms with Crippen LogP contribution in [-0.2, 0) is 23.7 Å². The predicted octanol–water partition coefficient (Wildman–Crippen LogP) is -1.22. The molecule has 0 radical (unpaired) electrons. The molecule has 0 bridgehead atoms. The van der Waals surface area contributed by atoms with Crippen LogP contribution in [0.15, 0.2) is 11.6 Å². The number of allylic oxidation sites excluding steroid dienone is 2. The molecule has 6 aliphatic rings. The van der Waals surface area contributed by atoms with Crippen LogP contribution in [0, 0.1) is 34.0 Å². The molecule has 0 unspecified atom stereocenters. The summed E-state index contributed by atoms with van der Waals surface area (Å²) in [5, 5.41) is 117. The smallest absolute Gasteiger partial charge is 0.187 e. The number of fused-ring (bicyclic) bond motifs is 5. The van der Waals surface area contributed by atoms with E-state index < -0.39 is 126 Å². The third-order valence-corrected chi connectivity index (χ3v) is 15.4. The Labute approximate surface area is 328 Å². The normalized spacial score (nSPS) is 50.0. The zero-order valence-electron chi connectivity index (χ0n) is 33.3. The van der Waals surface area contributed by atoms with Crippen molar-refractivity contribution in [3.8, 4) is 0 Å². The first-order valence-electron chi connectivity index (χ1n) is 20.3. The van der Waals surface area contributed by atoms with E-state index in [1.165, 1.54) is 0 Å². The van der Waals surface area contributed by atoms with Crippen molar-refractivity contribution in [2.45, 2.75) is 184 Å². The molecule has 16 heteroatoms. The highest BCUT2D eigenvalue weighted by Crippen LogP contribution is 2.72. The van der Waals surface area contributed by atoms with E-state index in [1.54, 1.807) is 26.8 Å². The molecule has 322 valence electrons.